The largest absolute Gasteiger partial charge is 0.496 e. The van der Waals surface area contributed by atoms with E-state index in [-0.39, 0.29) is 37.6 Å². The number of nitrogens with zero attached hydrogens (tertiary/aromatic N) is 1. The number of carbonyl (C=O) groups is 2. The molecule has 0 aliphatic heterocycles. The number of ether oxygens (including phenoxy) is 3. The van der Waals surface area contributed by atoms with Gasteiger partial charge in [0.25, 0.3) is 0 Å². The molecule has 6 nitrogen and oxygen atoms in total. The molecule has 0 fully saturated rings. The summed E-state index contributed by atoms with van der Waals surface area (Å²) in [7, 11) is 1.55. The molecule has 0 aliphatic rings. The number of hydrogen-bond acceptors (Lipinski definition) is 6. The Labute approximate surface area is 174 Å². The Balaban J connectivity index is 3.20. The molecule has 160 valence electrons. The Morgan fingerprint density at radius 2 is 1.55 bits per heavy atom. The molecule has 0 N–H and O–H groups in total. The van der Waals surface area contributed by atoms with E-state index in [0.29, 0.717) is 24.5 Å². The van der Waals surface area contributed by atoms with Crippen LogP contribution in [0.15, 0.2) is 18.2 Å². The van der Waals surface area contributed by atoms with Gasteiger partial charge in [-0.25, -0.2) is 0 Å². The van der Waals surface area contributed by atoms with Crippen molar-refractivity contribution in [1.82, 2.24) is 0 Å². The van der Waals surface area contributed by atoms with Gasteiger partial charge in [-0.2, -0.15) is 5.26 Å². The lowest BCUT2D eigenvalue weighted by atomic mass is 9.73. The highest BCUT2D eigenvalue weighted by atomic mass is 16.5. The second-order valence-electron chi connectivity index (χ2n) is 7.02. The maximum absolute atomic E-state index is 12.1. The van der Waals surface area contributed by atoms with E-state index in [4.69, 9.17) is 14.2 Å². The normalized spacial score (nSPS) is 10.9. The Hall–Kier alpha value is -2.55. The third kappa shape index (κ3) is 7.41. The van der Waals surface area contributed by atoms with Gasteiger partial charge in [-0.3, -0.25) is 9.59 Å². The van der Waals surface area contributed by atoms with Gasteiger partial charge in [-0.15, -0.1) is 0 Å². The first-order valence-electron chi connectivity index (χ1n) is 10.4. The fraction of sp³-hybridized carbons (Fsp3) is 0.609. The molecule has 1 aromatic rings. The minimum atomic E-state index is -1.05. The molecule has 0 bridgehead atoms. The maximum atomic E-state index is 12.1. The zero-order valence-corrected chi connectivity index (χ0v) is 18.1. The fourth-order valence-corrected chi connectivity index (χ4v) is 3.12. The summed E-state index contributed by atoms with van der Waals surface area (Å²) < 4.78 is 15.9. The molecule has 6 heteroatoms. The lowest BCUT2D eigenvalue weighted by molar-refractivity contribution is -0.144. The zero-order valence-electron chi connectivity index (χ0n) is 18.1. The van der Waals surface area contributed by atoms with Crippen LogP contribution in [0.5, 0.6) is 5.75 Å². The minimum Gasteiger partial charge on any atom is -0.496 e. The molecule has 0 saturated heterocycles. The van der Waals surface area contributed by atoms with E-state index < -0.39 is 5.41 Å². The van der Waals surface area contributed by atoms with E-state index in [2.05, 4.69) is 6.07 Å². The second kappa shape index (κ2) is 12.8. The number of carbonyl (C=O) groups excluding carboxylic acids is 2. The molecule has 29 heavy (non-hydrogen) atoms. The predicted octanol–water partition coefficient (Wildman–Crippen LogP) is 4.49. The maximum Gasteiger partial charge on any atom is 0.305 e. The molecule has 0 aliphatic carbocycles. The summed E-state index contributed by atoms with van der Waals surface area (Å²) >= 11 is 0. The van der Waals surface area contributed by atoms with Crippen LogP contribution in [0.1, 0.15) is 70.4 Å². The quantitative estimate of drug-likeness (QED) is 0.451. The standard InChI is InChI=1S/C23H33NO5/c1-5-14-28-21(25)10-12-23(17-24,13-11-22(26)29-15-6-2)19-16-18(7-3)8-9-20(19)27-4/h8-9,16H,5-7,10-15H2,1-4H3. The van der Waals surface area contributed by atoms with Crippen molar-refractivity contribution in [2.24, 2.45) is 0 Å². The van der Waals surface area contributed by atoms with Gasteiger partial charge in [0, 0.05) is 18.4 Å². The molecule has 0 spiro atoms. The van der Waals surface area contributed by atoms with Crippen LogP contribution in [0.4, 0.5) is 0 Å². The first-order valence-corrected chi connectivity index (χ1v) is 10.4. The number of hydrogen-bond donors (Lipinski definition) is 0. The van der Waals surface area contributed by atoms with E-state index in [1.165, 1.54) is 0 Å². The lowest BCUT2D eigenvalue weighted by Gasteiger charge is -2.29. The van der Waals surface area contributed by atoms with Crippen LogP contribution in [-0.4, -0.2) is 32.3 Å². The number of methoxy groups -OCH3 is 1. The van der Waals surface area contributed by atoms with Crippen LogP contribution in [-0.2, 0) is 30.9 Å². The van der Waals surface area contributed by atoms with Crippen LogP contribution < -0.4 is 4.74 Å². The third-order valence-electron chi connectivity index (χ3n) is 4.85. The Morgan fingerprint density at radius 1 is 1.00 bits per heavy atom. The van der Waals surface area contributed by atoms with E-state index >= 15 is 0 Å². The second-order valence-corrected chi connectivity index (χ2v) is 7.02. The van der Waals surface area contributed by atoms with Crippen molar-refractivity contribution in [3.63, 3.8) is 0 Å². The van der Waals surface area contributed by atoms with Gasteiger partial charge in [-0.05, 0) is 43.7 Å². The Kier molecular flexibility index (Phi) is 10.8. The van der Waals surface area contributed by atoms with Crippen LogP contribution in [0, 0.1) is 11.3 Å². The predicted molar refractivity (Wildman–Crippen MR) is 111 cm³/mol. The molecule has 0 heterocycles. The number of benzene rings is 1. The molecule has 1 rings (SSSR count). The zero-order chi connectivity index (χ0) is 21.7. The summed E-state index contributed by atoms with van der Waals surface area (Å²) in [6, 6.07) is 8.12. The number of nitriles is 1. The number of esters is 2. The van der Waals surface area contributed by atoms with Crippen molar-refractivity contribution in [2.75, 3.05) is 20.3 Å². The molecule has 0 amide bonds. The molecule has 0 atom stereocenters. The van der Waals surface area contributed by atoms with Crippen molar-refractivity contribution in [3.8, 4) is 11.8 Å². The molecule has 1 aromatic carbocycles. The van der Waals surface area contributed by atoms with Crippen LogP contribution in [0.2, 0.25) is 0 Å². The van der Waals surface area contributed by atoms with Crippen molar-refractivity contribution < 1.29 is 23.8 Å². The molecular formula is C23H33NO5. The van der Waals surface area contributed by atoms with Crippen molar-refractivity contribution in [1.29, 1.82) is 5.26 Å². The summed E-state index contributed by atoms with van der Waals surface area (Å²) in [5, 5.41) is 10.2. The van der Waals surface area contributed by atoms with Gasteiger partial charge < -0.3 is 14.2 Å². The van der Waals surface area contributed by atoms with E-state index in [0.717, 1.165) is 24.8 Å². The van der Waals surface area contributed by atoms with Gasteiger partial charge in [0.2, 0.25) is 0 Å². The summed E-state index contributed by atoms with van der Waals surface area (Å²) in [5.41, 5.74) is 0.712. The molecule has 0 saturated carbocycles. The van der Waals surface area contributed by atoms with Crippen LogP contribution in [0.25, 0.3) is 0 Å². The number of aryl methyl sites for hydroxylation is 1. The van der Waals surface area contributed by atoms with E-state index in [9.17, 15) is 14.9 Å². The molecule has 0 unspecified atom stereocenters. The monoisotopic (exact) mass is 403 g/mol. The molecule has 0 radical (unpaired) electrons. The smallest absolute Gasteiger partial charge is 0.305 e. The fourth-order valence-electron chi connectivity index (χ4n) is 3.12. The Morgan fingerprint density at radius 3 is 1.97 bits per heavy atom. The highest BCUT2D eigenvalue weighted by molar-refractivity contribution is 5.71. The lowest BCUT2D eigenvalue weighted by Crippen LogP contribution is -2.28. The minimum absolute atomic E-state index is 0.0943. The van der Waals surface area contributed by atoms with Gasteiger partial charge in [-0.1, -0.05) is 32.9 Å². The summed E-state index contributed by atoms with van der Waals surface area (Å²) in [6.45, 7) is 6.60. The van der Waals surface area contributed by atoms with Crippen molar-refractivity contribution in [2.45, 2.75) is 71.1 Å². The van der Waals surface area contributed by atoms with Crippen molar-refractivity contribution in [3.05, 3.63) is 29.3 Å². The van der Waals surface area contributed by atoms with Gasteiger partial charge >= 0.3 is 11.9 Å². The van der Waals surface area contributed by atoms with Crippen LogP contribution >= 0.6 is 0 Å². The SMILES string of the molecule is CCCOC(=O)CCC(C#N)(CCC(=O)OCCC)c1cc(CC)ccc1OC. The Bertz CT molecular complexity index is 684. The topological polar surface area (TPSA) is 85.6 Å². The first kappa shape index (κ1) is 24.5. The summed E-state index contributed by atoms with van der Waals surface area (Å²) in [4.78, 5) is 24.2. The van der Waals surface area contributed by atoms with E-state index in [1.807, 2.05) is 39.0 Å². The first-order chi connectivity index (χ1) is 14.0. The van der Waals surface area contributed by atoms with Gasteiger partial charge in [0.1, 0.15) is 5.75 Å². The summed E-state index contributed by atoms with van der Waals surface area (Å²) in [6.07, 6.45) is 2.96. The van der Waals surface area contributed by atoms with Gasteiger partial charge in [0.15, 0.2) is 0 Å². The third-order valence-corrected chi connectivity index (χ3v) is 4.85. The average Bonchev–Trinajstić information content (AvgIpc) is 2.76. The highest BCUT2D eigenvalue weighted by Gasteiger charge is 2.36. The van der Waals surface area contributed by atoms with Crippen LogP contribution in [0.3, 0.4) is 0 Å². The average molecular weight is 404 g/mol. The highest BCUT2D eigenvalue weighted by Crippen LogP contribution is 2.40. The summed E-state index contributed by atoms with van der Waals surface area (Å²) in [5.74, 6) is -0.108. The van der Waals surface area contributed by atoms with Crippen molar-refractivity contribution >= 4 is 11.9 Å². The molecular weight excluding hydrogens is 370 g/mol. The van der Waals surface area contributed by atoms with E-state index in [1.54, 1.807) is 7.11 Å². The van der Waals surface area contributed by atoms with Gasteiger partial charge in [0.05, 0.1) is 31.8 Å². The number of rotatable bonds is 13. The molecule has 0 aromatic heterocycles.